The van der Waals surface area contributed by atoms with E-state index in [4.69, 9.17) is 0 Å². The highest BCUT2D eigenvalue weighted by Gasteiger charge is 2.33. The number of aromatic hydroxyl groups is 1. The number of nitro groups is 1. The number of fused-ring (bicyclic) bond motifs is 5. The highest BCUT2D eigenvalue weighted by atomic mass is 79.9. The molecule has 2 aromatic carbocycles. The summed E-state index contributed by atoms with van der Waals surface area (Å²) in [6.45, 7) is 0.913. The van der Waals surface area contributed by atoms with Crippen molar-refractivity contribution in [2.75, 3.05) is 6.54 Å². The van der Waals surface area contributed by atoms with Crippen LogP contribution in [0.2, 0.25) is 0 Å². The zero-order chi connectivity index (χ0) is 20.0. The van der Waals surface area contributed by atoms with Gasteiger partial charge in [-0.15, -0.1) is 0 Å². The minimum atomic E-state index is -0.570. The number of rotatable bonds is 5. The lowest BCUT2D eigenvalue weighted by molar-refractivity contribution is -0.384. The predicted molar refractivity (Wildman–Crippen MR) is 107 cm³/mol. The van der Waals surface area contributed by atoms with E-state index in [0.717, 1.165) is 0 Å². The van der Waals surface area contributed by atoms with Gasteiger partial charge in [0, 0.05) is 57.9 Å². The van der Waals surface area contributed by atoms with Gasteiger partial charge >= 0.3 is 0 Å². The largest absolute Gasteiger partial charge is 0.508 e. The third-order valence-corrected chi connectivity index (χ3v) is 5.25. The molecule has 28 heavy (non-hydrogen) atoms. The number of halogens is 1. The van der Waals surface area contributed by atoms with Crippen LogP contribution in [0.15, 0.2) is 41.2 Å². The van der Waals surface area contributed by atoms with Gasteiger partial charge in [-0.2, -0.15) is 0 Å². The highest BCUT2D eigenvalue weighted by molar-refractivity contribution is 9.08. The first-order chi connectivity index (χ1) is 13.4. The molecule has 0 radical (unpaired) electrons. The summed E-state index contributed by atoms with van der Waals surface area (Å²) < 4.78 is 4.32. The van der Waals surface area contributed by atoms with Crippen molar-refractivity contribution in [3.63, 3.8) is 0 Å². The second-order valence-electron chi connectivity index (χ2n) is 6.46. The Kier molecular flexibility index (Phi) is 4.48. The summed E-state index contributed by atoms with van der Waals surface area (Å²) in [6, 6.07) is 8.41. The van der Waals surface area contributed by atoms with E-state index in [0.29, 0.717) is 47.3 Å². The summed E-state index contributed by atoms with van der Waals surface area (Å²) >= 11 is 3.12. The van der Waals surface area contributed by atoms with Gasteiger partial charge in [-0.3, -0.25) is 24.0 Å². The van der Waals surface area contributed by atoms with Crippen LogP contribution >= 0.6 is 16.1 Å². The molecule has 0 saturated carbocycles. The average Bonchev–Trinajstić information content (AvgIpc) is 2.96. The Morgan fingerprint density at radius 3 is 2.61 bits per heavy atom. The third-order valence-electron chi connectivity index (χ3n) is 4.85. The van der Waals surface area contributed by atoms with Gasteiger partial charge in [-0.1, -0.05) is 0 Å². The van der Waals surface area contributed by atoms with E-state index in [2.05, 4.69) is 20.5 Å². The smallest absolute Gasteiger partial charge is 0.270 e. The number of benzene rings is 2. The molecule has 1 aliphatic rings. The number of carbonyl (C=O) groups excluding carboxylic acids is 1. The molecular formula is C19H14BrN3O5. The monoisotopic (exact) mass is 443 g/mol. The van der Waals surface area contributed by atoms with Crippen LogP contribution in [-0.4, -0.2) is 26.9 Å². The van der Waals surface area contributed by atoms with Crippen molar-refractivity contribution >= 4 is 38.4 Å². The van der Waals surface area contributed by atoms with E-state index in [-0.39, 0.29) is 28.2 Å². The van der Waals surface area contributed by atoms with Crippen molar-refractivity contribution in [3.8, 4) is 17.0 Å². The molecule has 142 valence electrons. The number of phenolic OH excluding ortho intramolecular Hbond substituents is 1. The number of non-ortho nitro benzene ring substituents is 1. The van der Waals surface area contributed by atoms with Gasteiger partial charge in [0.15, 0.2) is 5.78 Å². The fraction of sp³-hybridized carbons (Fsp3) is 0.158. The molecule has 1 aliphatic carbocycles. The molecule has 0 unspecified atom stereocenters. The van der Waals surface area contributed by atoms with Crippen LogP contribution in [0.1, 0.15) is 22.3 Å². The van der Waals surface area contributed by atoms with Gasteiger partial charge in [0.2, 0.25) is 0 Å². The Labute approximate surface area is 166 Å². The summed E-state index contributed by atoms with van der Waals surface area (Å²) in [5.41, 5.74) is 1.10. The molecule has 3 aromatic rings. The van der Waals surface area contributed by atoms with Crippen molar-refractivity contribution in [1.29, 1.82) is 0 Å². The predicted octanol–water partition coefficient (Wildman–Crippen LogP) is 3.12. The van der Waals surface area contributed by atoms with Crippen molar-refractivity contribution in [2.45, 2.75) is 13.0 Å². The minimum Gasteiger partial charge on any atom is -0.508 e. The van der Waals surface area contributed by atoms with Crippen molar-refractivity contribution in [3.05, 3.63) is 68.0 Å². The molecule has 2 N–H and O–H groups in total. The summed E-state index contributed by atoms with van der Waals surface area (Å²) in [5.74, 6) is -0.357. The second-order valence-corrected chi connectivity index (χ2v) is 7.02. The molecule has 9 heteroatoms. The quantitative estimate of drug-likeness (QED) is 0.212. The van der Waals surface area contributed by atoms with Crippen LogP contribution < -0.4 is 9.90 Å². The molecular weight excluding hydrogens is 430 g/mol. The second kappa shape index (κ2) is 6.84. The lowest BCUT2D eigenvalue weighted by Gasteiger charge is -2.15. The van der Waals surface area contributed by atoms with E-state index in [1.54, 1.807) is 6.07 Å². The number of nitro benzene ring substituents is 1. The minimum absolute atomic E-state index is 0.0442. The van der Waals surface area contributed by atoms with Crippen molar-refractivity contribution < 1.29 is 14.8 Å². The highest BCUT2D eigenvalue weighted by Crippen LogP contribution is 2.41. The third kappa shape index (κ3) is 2.71. The number of nitrogens with zero attached hydrogens (tertiary/aromatic N) is 2. The van der Waals surface area contributed by atoms with Crippen molar-refractivity contribution in [2.24, 2.45) is 0 Å². The molecule has 4 rings (SSSR count). The summed E-state index contributed by atoms with van der Waals surface area (Å²) in [4.78, 5) is 36.9. The number of hydrogen-bond donors (Lipinski definition) is 2. The van der Waals surface area contributed by atoms with Crippen LogP contribution in [0.25, 0.3) is 22.0 Å². The van der Waals surface area contributed by atoms with Gasteiger partial charge in [0.25, 0.3) is 11.2 Å². The van der Waals surface area contributed by atoms with Gasteiger partial charge in [-0.25, -0.2) is 0 Å². The van der Waals surface area contributed by atoms with E-state index >= 15 is 0 Å². The fourth-order valence-electron chi connectivity index (χ4n) is 3.64. The van der Waals surface area contributed by atoms with Crippen LogP contribution in [0, 0.1) is 10.1 Å². The van der Waals surface area contributed by atoms with Crippen LogP contribution in [0.4, 0.5) is 5.69 Å². The number of aromatic nitrogens is 1. The van der Waals surface area contributed by atoms with E-state index in [9.17, 15) is 24.8 Å². The number of ketones is 1. The Bertz CT molecular complexity index is 1220. The maximum atomic E-state index is 13.2. The molecule has 0 spiro atoms. The Hall–Kier alpha value is -3.04. The van der Waals surface area contributed by atoms with Crippen LogP contribution in [0.3, 0.4) is 0 Å². The Morgan fingerprint density at radius 1 is 1.11 bits per heavy atom. The molecule has 0 atom stereocenters. The molecule has 1 heterocycles. The Morgan fingerprint density at radius 2 is 1.89 bits per heavy atom. The van der Waals surface area contributed by atoms with Crippen LogP contribution in [-0.2, 0) is 6.54 Å². The van der Waals surface area contributed by atoms with Gasteiger partial charge < -0.3 is 9.67 Å². The van der Waals surface area contributed by atoms with E-state index in [1.165, 1.54) is 34.9 Å². The first-order valence-electron chi connectivity index (χ1n) is 8.50. The summed E-state index contributed by atoms with van der Waals surface area (Å²) in [6.07, 6.45) is 0.597. The average molecular weight is 444 g/mol. The van der Waals surface area contributed by atoms with Gasteiger partial charge in [0.05, 0.1) is 21.6 Å². The molecule has 8 nitrogen and oxygen atoms in total. The standard InChI is InChI=1S/C19H14BrN3O5/c20-21-6-1-7-22-17-13-5-3-11(24)9-14(13)18(25)16(17)12-4-2-10(23(27)28)8-15(12)19(22)26/h2-5,8-9,21,24H,1,6-7H2. The van der Waals surface area contributed by atoms with Crippen molar-refractivity contribution in [1.82, 2.24) is 8.91 Å². The Balaban J connectivity index is 2.08. The van der Waals surface area contributed by atoms with Gasteiger partial charge in [-0.05, 0) is 30.7 Å². The number of hydrogen-bond acceptors (Lipinski definition) is 6. The molecule has 0 aliphatic heterocycles. The lowest BCUT2D eigenvalue weighted by Crippen LogP contribution is -2.24. The SMILES string of the molecule is O=C1c2cc(O)ccc2-c2c1c1ccc([N+](=O)[O-])cc1c(=O)n2CCCNBr. The number of carbonyl (C=O) groups is 1. The summed E-state index contributed by atoms with van der Waals surface area (Å²) in [7, 11) is 0. The molecule has 0 amide bonds. The number of nitrogens with one attached hydrogen (secondary N) is 1. The number of phenols is 1. The topological polar surface area (TPSA) is 114 Å². The molecule has 0 bridgehead atoms. The maximum Gasteiger partial charge on any atom is 0.270 e. The van der Waals surface area contributed by atoms with Crippen LogP contribution in [0.5, 0.6) is 5.75 Å². The van der Waals surface area contributed by atoms with E-state index < -0.39 is 4.92 Å². The summed E-state index contributed by atoms with van der Waals surface area (Å²) in [5, 5.41) is 21.5. The molecule has 1 aromatic heterocycles. The maximum absolute atomic E-state index is 13.2. The molecule has 0 saturated heterocycles. The zero-order valence-corrected chi connectivity index (χ0v) is 16.0. The normalized spacial score (nSPS) is 12.2. The van der Waals surface area contributed by atoms with E-state index in [1.807, 2.05) is 0 Å². The first kappa shape index (κ1) is 18.3. The fourth-order valence-corrected chi connectivity index (χ4v) is 3.92. The molecule has 0 fully saturated rings. The first-order valence-corrected chi connectivity index (χ1v) is 9.30. The zero-order valence-electron chi connectivity index (χ0n) is 14.4. The lowest BCUT2D eigenvalue weighted by atomic mass is 10.0. The van der Waals surface area contributed by atoms with Gasteiger partial charge in [0.1, 0.15) is 5.75 Å². The number of pyridine rings is 1.